The van der Waals surface area contributed by atoms with Crippen molar-refractivity contribution in [2.24, 2.45) is 5.92 Å². The van der Waals surface area contributed by atoms with Crippen LogP contribution in [0.1, 0.15) is 36.8 Å². The molecule has 0 radical (unpaired) electrons. The summed E-state index contributed by atoms with van der Waals surface area (Å²) in [6, 6.07) is 7.23. The second-order valence-electron chi connectivity index (χ2n) is 7.92. The number of carbonyl (C=O) groups is 1. The topological polar surface area (TPSA) is 48.1 Å². The SMILES string of the molecule is CN1C[C@@H](C(=O)NC2CCCC2)C=C2c3cccc4[nH]cc(c34)C[C@H]21. The number of nitrogens with one attached hydrogen (secondary N) is 2. The molecule has 5 rings (SSSR count). The van der Waals surface area contributed by atoms with Gasteiger partial charge in [-0.3, -0.25) is 9.69 Å². The molecule has 0 saturated heterocycles. The Morgan fingerprint density at radius 2 is 2.12 bits per heavy atom. The molecule has 1 aromatic heterocycles. The maximum Gasteiger partial charge on any atom is 0.228 e. The Hall–Kier alpha value is -2.07. The van der Waals surface area contributed by atoms with Gasteiger partial charge < -0.3 is 10.3 Å². The first-order valence-electron chi connectivity index (χ1n) is 9.52. The molecule has 4 heteroatoms. The van der Waals surface area contributed by atoms with E-state index in [-0.39, 0.29) is 11.8 Å². The van der Waals surface area contributed by atoms with E-state index < -0.39 is 0 Å². The van der Waals surface area contributed by atoms with Gasteiger partial charge in [0.15, 0.2) is 0 Å². The van der Waals surface area contributed by atoms with Gasteiger partial charge in [-0.25, -0.2) is 0 Å². The van der Waals surface area contributed by atoms with Crippen LogP contribution in [0.15, 0.2) is 30.5 Å². The number of benzene rings is 1. The van der Waals surface area contributed by atoms with E-state index in [1.807, 2.05) is 0 Å². The summed E-state index contributed by atoms with van der Waals surface area (Å²) in [6.07, 6.45) is 10.2. The minimum Gasteiger partial charge on any atom is -0.361 e. The molecule has 2 heterocycles. The van der Waals surface area contributed by atoms with E-state index in [1.165, 1.54) is 40.4 Å². The zero-order chi connectivity index (χ0) is 17.0. The van der Waals surface area contributed by atoms with Crippen molar-refractivity contribution in [3.8, 4) is 0 Å². The highest BCUT2D eigenvalue weighted by molar-refractivity contribution is 5.99. The number of H-pyrrole nitrogens is 1. The fourth-order valence-electron chi connectivity index (χ4n) is 4.99. The van der Waals surface area contributed by atoms with Crippen LogP contribution < -0.4 is 5.32 Å². The number of amides is 1. The number of aromatic nitrogens is 1. The minimum absolute atomic E-state index is 0.0485. The van der Waals surface area contributed by atoms with Crippen LogP contribution in [-0.2, 0) is 11.2 Å². The number of fused-ring (bicyclic) bond motifs is 2. The average Bonchev–Trinajstić information content (AvgIpc) is 3.27. The number of rotatable bonds is 2. The number of nitrogens with zero attached hydrogens (tertiary/aromatic N) is 1. The Morgan fingerprint density at radius 1 is 1.28 bits per heavy atom. The largest absolute Gasteiger partial charge is 0.361 e. The van der Waals surface area contributed by atoms with Crippen molar-refractivity contribution < 1.29 is 4.79 Å². The first-order chi connectivity index (χ1) is 12.2. The van der Waals surface area contributed by atoms with E-state index in [9.17, 15) is 4.79 Å². The number of hydrogen-bond donors (Lipinski definition) is 2. The van der Waals surface area contributed by atoms with Crippen LogP contribution in [0.5, 0.6) is 0 Å². The quantitative estimate of drug-likeness (QED) is 0.886. The molecule has 2 atom stereocenters. The second kappa shape index (κ2) is 5.73. The minimum atomic E-state index is -0.0485. The maximum absolute atomic E-state index is 12.8. The lowest BCUT2D eigenvalue weighted by molar-refractivity contribution is -0.125. The molecule has 1 saturated carbocycles. The van der Waals surface area contributed by atoms with Crippen molar-refractivity contribution >= 4 is 22.4 Å². The number of aromatic amines is 1. The van der Waals surface area contributed by atoms with Crippen molar-refractivity contribution in [3.05, 3.63) is 41.6 Å². The monoisotopic (exact) mass is 335 g/mol. The van der Waals surface area contributed by atoms with Crippen molar-refractivity contribution in [2.75, 3.05) is 13.6 Å². The van der Waals surface area contributed by atoms with E-state index in [4.69, 9.17) is 0 Å². The normalized spacial score (nSPS) is 26.5. The van der Waals surface area contributed by atoms with Gasteiger partial charge in [-0.2, -0.15) is 0 Å². The van der Waals surface area contributed by atoms with Crippen LogP contribution in [0.25, 0.3) is 16.5 Å². The molecule has 1 aromatic carbocycles. The zero-order valence-electron chi connectivity index (χ0n) is 14.7. The highest BCUT2D eigenvalue weighted by Crippen LogP contribution is 2.40. The van der Waals surface area contributed by atoms with Gasteiger partial charge in [-0.05, 0) is 49.1 Å². The van der Waals surface area contributed by atoms with E-state index >= 15 is 0 Å². The Morgan fingerprint density at radius 3 is 2.96 bits per heavy atom. The lowest BCUT2D eigenvalue weighted by atomic mass is 9.80. The van der Waals surface area contributed by atoms with Crippen LogP contribution in [0.3, 0.4) is 0 Å². The summed E-state index contributed by atoms with van der Waals surface area (Å²) in [5.74, 6) is 0.157. The number of hydrogen-bond acceptors (Lipinski definition) is 2. The standard InChI is InChI=1S/C21H25N3O/c1-24-12-14(21(25)23-15-5-2-3-6-15)9-17-16-7-4-8-18-20(16)13(11-22-18)10-19(17)24/h4,7-9,11,14-15,19,22H,2-3,5-6,10,12H2,1H3,(H,23,25)/t14-,19+/m0/s1. The van der Waals surface area contributed by atoms with Crippen molar-refractivity contribution in [1.82, 2.24) is 15.2 Å². The molecular formula is C21H25N3O. The molecule has 4 nitrogen and oxygen atoms in total. The second-order valence-corrected chi connectivity index (χ2v) is 7.92. The van der Waals surface area contributed by atoms with E-state index in [1.54, 1.807) is 0 Å². The molecule has 2 N–H and O–H groups in total. The number of carbonyl (C=O) groups excluding carboxylic acids is 1. The van der Waals surface area contributed by atoms with E-state index in [0.29, 0.717) is 12.1 Å². The lowest BCUT2D eigenvalue weighted by Gasteiger charge is -2.39. The summed E-state index contributed by atoms with van der Waals surface area (Å²) in [5, 5.41) is 4.63. The third kappa shape index (κ3) is 2.43. The Labute approximate surface area is 148 Å². The van der Waals surface area contributed by atoms with Crippen LogP contribution in [0, 0.1) is 5.92 Å². The molecule has 2 aliphatic carbocycles. The summed E-state index contributed by atoms with van der Waals surface area (Å²) >= 11 is 0. The Bertz CT molecular complexity index is 859. The average molecular weight is 335 g/mol. The summed E-state index contributed by atoms with van der Waals surface area (Å²) < 4.78 is 0. The van der Waals surface area contributed by atoms with E-state index in [0.717, 1.165) is 25.8 Å². The molecule has 3 aliphatic rings. The highest BCUT2D eigenvalue weighted by atomic mass is 16.2. The van der Waals surface area contributed by atoms with Crippen molar-refractivity contribution in [3.63, 3.8) is 0 Å². The van der Waals surface area contributed by atoms with E-state index in [2.05, 4.69) is 52.7 Å². The van der Waals surface area contributed by atoms with Gasteiger partial charge in [0.05, 0.1) is 5.92 Å². The van der Waals surface area contributed by atoms with Gasteiger partial charge in [0.1, 0.15) is 0 Å². The number of likely N-dealkylation sites (N-methyl/N-ethyl adjacent to an activating group) is 1. The molecule has 1 amide bonds. The summed E-state index contributed by atoms with van der Waals surface area (Å²) in [4.78, 5) is 18.6. The molecule has 1 fully saturated rings. The Kier molecular flexibility index (Phi) is 3.49. The summed E-state index contributed by atoms with van der Waals surface area (Å²) in [6.45, 7) is 0.808. The maximum atomic E-state index is 12.8. The molecule has 1 aliphatic heterocycles. The van der Waals surface area contributed by atoms with Crippen LogP contribution >= 0.6 is 0 Å². The van der Waals surface area contributed by atoms with Gasteiger partial charge in [0, 0.05) is 35.7 Å². The first kappa shape index (κ1) is 15.2. The highest BCUT2D eigenvalue weighted by Gasteiger charge is 2.36. The molecule has 0 spiro atoms. The molecule has 0 bridgehead atoms. The third-order valence-corrected chi connectivity index (χ3v) is 6.31. The molecule has 130 valence electrons. The van der Waals surface area contributed by atoms with Crippen LogP contribution in [0.2, 0.25) is 0 Å². The molecular weight excluding hydrogens is 310 g/mol. The van der Waals surface area contributed by atoms with Gasteiger partial charge in [0.25, 0.3) is 0 Å². The first-order valence-corrected chi connectivity index (χ1v) is 9.52. The molecule has 25 heavy (non-hydrogen) atoms. The predicted molar refractivity (Wildman–Crippen MR) is 100 cm³/mol. The summed E-state index contributed by atoms with van der Waals surface area (Å²) in [5.41, 5.74) is 5.23. The third-order valence-electron chi connectivity index (χ3n) is 6.31. The Balaban J connectivity index is 1.51. The fourth-order valence-corrected chi connectivity index (χ4v) is 4.99. The van der Waals surface area contributed by atoms with Crippen LogP contribution in [-0.4, -0.2) is 41.5 Å². The molecule has 0 unspecified atom stereocenters. The van der Waals surface area contributed by atoms with Gasteiger partial charge in [-0.15, -0.1) is 0 Å². The summed E-state index contributed by atoms with van der Waals surface area (Å²) in [7, 11) is 2.16. The van der Waals surface area contributed by atoms with Gasteiger partial charge in [0.2, 0.25) is 5.91 Å². The molecule has 2 aromatic rings. The van der Waals surface area contributed by atoms with Gasteiger partial charge in [-0.1, -0.05) is 31.1 Å². The smallest absolute Gasteiger partial charge is 0.228 e. The van der Waals surface area contributed by atoms with Crippen LogP contribution in [0.4, 0.5) is 0 Å². The van der Waals surface area contributed by atoms with Crippen molar-refractivity contribution in [2.45, 2.75) is 44.2 Å². The fraction of sp³-hybridized carbons (Fsp3) is 0.476. The lowest BCUT2D eigenvalue weighted by Crippen LogP contribution is -2.47. The van der Waals surface area contributed by atoms with Gasteiger partial charge >= 0.3 is 0 Å². The predicted octanol–water partition coefficient (Wildman–Crippen LogP) is 3.10. The van der Waals surface area contributed by atoms with Crippen molar-refractivity contribution in [1.29, 1.82) is 0 Å². The zero-order valence-corrected chi connectivity index (χ0v) is 14.7.